The summed E-state index contributed by atoms with van der Waals surface area (Å²) in [4.78, 5) is 29.0. The summed E-state index contributed by atoms with van der Waals surface area (Å²) in [5.41, 5.74) is 3.31. The Hall–Kier alpha value is -1.84. The largest absolute Gasteiger partial charge is 0.340 e. The van der Waals surface area contributed by atoms with Gasteiger partial charge in [-0.05, 0) is 63.3 Å². The topological polar surface area (TPSA) is 40.6 Å². The molecule has 2 atom stereocenters. The molecule has 0 bridgehead atoms. The van der Waals surface area contributed by atoms with Gasteiger partial charge in [-0.1, -0.05) is 6.07 Å². The van der Waals surface area contributed by atoms with Crippen molar-refractivity contribution in [1.29, 1.82) is 0 Å². The number of hydrogen-bond donors (Lipinski definition) is 0. The predicted octanol–water partition coefficient (Wildman–Crippen LogP) is 3.06. The first kappa shape index (κ1) is 16.0. The first-order valence-corrected chi connectivity index (χ1v) is 8.65. The molecule has 1 aromatic rings. The molecule has 2 amide bonds. The van der Waals surface area contributed by atoms with E-state index in [1.807, 2.05) is 23.1 Å². The first-order valence-electron chi connectivity index (χ1n) is 8.65. The van der Waals surface area contributed by atoms with Crippen LogP contribution >= 0.6 is 0 Å². The fourth-order valence-electron chi connectivity index (χ4n) is 3.68. The lowest BCUT2D eigenvalue weighted by atomic mass is 9.99. The zero-order valence-electron chi connectivity index (χ0n) is 14.3. The highest BCUT2D eigenvalue weighted by atomic mass is 16.2. The van der Waals surface area contributed by atoms with E-state index in [0.29, 0.717) is 19.0 Å². The molecule has 0 unspecified atom stereocenters. The number of likely N-dealkylation sites (tertiary alicyclic amines) is 1. The number of carbonyl (C=O) groups is 2. The molecule has 0 spiro atoms. The number of nitrogens with zero attached hydrogens (tertiary/aromatic N) is 2. The molecule has 124 valence electrons. The molecule has 4 heteroatoms. The third-order valence-corrected chi connectivity index (χ3v) is 5.36. The van der Waals surface area contributed by atoms with E-state index in [0.717, 1.165) is 25.1 Å². The fourth-order valence-corrected chi connectivity index (χ4v) is 3.68. The average Bonchev–Trinajstić information content (AvgIpc) is 2.92. The fraction of sp³-hybridized carbons (Fsp3) is 0.579. The van der Waals surface area contributed by atoms with E-state index in [9.17, 15) is 9.59 Å². The van der Waals surface area contributed by atoms with Crippen molar-refractivity contribution in [3.8, 4) is 0 Å². The summed E-state index contributed by atoms with van der Waals surface area (Å²) in [5.74, 6) is 0.0396. The lowest BCUT2D eigenvalue weighted by molar-refractivity contribution is -0.139. The van der Waals surface area contributed by atoms with Crippen LogP contribution in [0.25, 0.3) is 0 Å². The Labute approximate surface area is 138 Å². The van der Waals surface area contributed by atoms with Crippen LogP contribution in [0.5, 0.6) is 0 Å². The zero-order valence-corrected chi connectivity index (χ0v) is 14.3. The van der Waals surface area contributed by atoms with Crippen molar-refractivity contribution >= 4 is 17.5 Å². The molecule has 1 aromatic carbocycles. The highest BCUT2D eigenvalue weighted by Gasteiger charge is 2.38. The maximum atomic E-state index is 12.8. The summed E-state index contributed by atoms with van der Waals surface area (Å²) in [6.45, 7) is 7.60. The van der Waals surface area contributed by atoms with Gasteiger partial charge in [-0.3, -0.25) is 9.59 Å². The van der Waals surface area contributed by atoms with Crippen LogP contribution in [-0.4, -0.2) is 35.8 Å². The summed E-state index contributed by atoms with van der Waals surface area (Å²) in [5, 5.41) is 0. The lowest BCUT2D eigenvalue weighted by Gasteiger charge is -2.35. The number of amides is 2. The van der Waals surface area contributed by atoms with Gasteiger partial charge in [0.1, 0.15) is 0 Å². The summed E-state index contributed by atoms with van der Waals surface area (Å²) in [6, 6.07) is 6.38. The molecule has 0 N–H and O–H groups in total. The molecular weight excluding hydrogens is 288 g/mol. The van der Waals surface area contributed by atoms with Crippen molar-refractivity contribution in [3.63, 3.8) is 0 Å². The smallest absolute Gasteiger partial charge is 0.228 e. The van der Waals surface area contributed by atoms with Crippen LogP contribution in [0.15, 0.2) is 18.2 Å². The number of piperidine rings is 1. The lowest BCUT2D eigenvalue weighted by Crippen LogP contribution is -2.45. The van der Waals surface area contributed by atoms with Gasteiger partial charge in [0.2, 0.25) is 11.8 Å². The minimum absolute atomic E-state index is 0.0660. The van der Waals surface area contributed by atoms with Gasteiger partial charge in [-0.15, -0.1) is 0 Å². The molecule has 3 rings (SSSR count). The molecule has 2 heterocycles. The number of anilines is 1. The molecule has 2 aliphatic heterocycles. The maximum Gasteiger partial charge on any atom is 0.228 e. The number of carbonyl (C=O) groups excluding carboxylic acids is 2. The number of rotatable bonds is 2. The SMILES string of the molecule is Cc1ccc(N2C[C@@H](C(=O)N3CCCC[C@@H]3C)CC2=O)cc1C. The van der Waals surface area contributed by atoms with Gasteiger partial charge in [0.15, 0.2) is 0 Å². The summed E-state index contributed by atoms with van der Waals surface area (Å²) >= 11 is 0. The van der Waals surface area contributed by atoms with E-state index in [4.69, 9.17) is 0 Å². The Balaban J connectivity index is 1.74. The quantitative estimate of drug-likeness (QED) is 0.842. The van der Waals surface area contributed by atoms with Crippen LogP contribution in [0.4, 0.5) is 5.69 Å². The van der Waals surface area contributed by atoms with Crippen LogP contribution in [0, 0.1) is 19.8 Å². The minimum atomic E-state index is -0.190. The highest BCUT2D eigenvalue weighted by molar-refractivity contribution is 6.00. The van der Waals surface area contributed by atoms with Crippen LogP contribution < -0.4 is 4.90 Å². The first-order chi connectivity index (χ1) is 11.0. The van der Waals surface area contributed by atoms with E-state index in [-0.39, 0.29) is 17.7 Å². The zero-order chi connectivity index (χ0) is 16.6. The van der Waals surface area contributed by atoms with Gasteiger partial charge in [0.05, 0.1) is 5.92 Å². The van der Waals surface area contributed by atoms with Gasteiger partial charge in [-0.25, -0.2) is 0 Å². The summed E-state index contributed by atoms with van der Waals surface area (Å²) in [7, 11) is 0. The Morgan fingerprint density at radius 3 is 2.65 bits per heavy atom. The van der Waals surface area contributed by atoms with Gasteiger partial charge >= 0.3 is 0 Å². The van der Waals surface area contributed by atoms with Crippen molar-refractivity contribution in [2.24, 2.45) is 5.92 Å². The Kier molecular flexibility index (Phi) is 4.42. The molecule has 2 fully saturated rings. The Bertz CT molecular complexity index is 626. The predicted molar refractivity (Wildman–Crippen MR) is 91.4 cm³/mol. The van der Waals surface area contributed by atoms with Crippen molar-refractivity contribution in [2.75, 3.05) is 18.0 Å². The third-order valence-electron chi connectivity index (χ3n) is 5.36. The van der Waals surface area contributed by atoms with Crippen molar-refractivity contribution < 1.29 is 9.59 Å². The molecule has 23 heavy (non-hydrogen) atoms. The van der Waals surface area contributed by atoms with Gasteiger partial charge in [-0.2, -0.15) is 0 Å². The van der Waals surface area contributed by atoms with Crippen LogP contribution in [-0.2, 0) is 9.59 Å². The molecular formula is C19H26N2O2. The van der Waals surface area contributed by atoms with Gasteiger partial charge < -0.3 is 9.80 Å². The van der Waals surface area contributed by atoms with Crippen molar-refractivity contribution in [3.05, 3.63) is 29.3 Å². The second-order valence-electron chi connectivity index (χ2n) is 7.05. The second-order valence-corrected chi connectivity index (χ2v) is 7.05. The van der Waals surface area contributed by atoms with E-state index >= 15 is 0 Å². The molecule has 0 radical (unpaired) electrons. The van der Waals surface area contributed by atoms with E-state index < -0.39 is 0 Å². The standard InChI is InChI=1S/C19H26N2O2/c1-13-7-8-17(10-14(13)2)21-12-16(11-18(21)22)19(23)20-9-5-4-6-15(20)3/h7-8,10,15-16H,4-6,9,11-12H2,1-3H3/t15-,16-/m0/s1. The maximum absolute atomic E-state index is 12.8. The van der Waals surface area contributed by atoms with E-state index in [1.165, 1.54) is 17.5 Å². The van der Waals surface area contributed by atoms with Crippen molar-refractivity contribution in [2.45, 2.75) is 52.5 Å². The van der Waals surface area contributed by atoms with Crippen molar-refractivity contribution in [1.82, 2.24) is 4.90 Å². The van der Waals surface area contributed by atoms with Gasteiger partial charge in [0, 0.05) is 31.2 Å². The van der Waals surface area contributed by atoms with E-state index in [2.05, 4.69) is 20.8 Å². The molecule has 4 nitrogen and oxygen atoms in total. The third kappa shape index (κ3) is 3.12. The average molecular weight is 314 g/mol. The van der Waals surface area contributed by atoms with E-state index in [1.54, 1.807) is 4.90 Å². The van der Waals surface area contributed by atoms with Crippen LogP contribution in [0.1, 0.15) is 43.7 Å². The Morgan fingerprint density at radius 1 is 1.17 bits per heavy atom. The summed E-state index contributed by atoms with van der Waals surface area (Å²) in [6.07, 6.45) is 3.70. The van der Waals surface area contributed by atoms with Gasteiger partial charge in [0.25, 0.3) is 0 Å². The Morgan fingerprint density at radius 2 is 1.96 bits per heavy atom. The molecule has 0 aromatic heterocycles. The molecule has 0 aliphatic carbocycles. The monoisotopic (exact) mass is 314 g/mol. The number of aryl methyl sites for hydroxylation is 2. The van der Waals surface area contributed by atoms with Crippen LogP contribution in [0.3, 0.4) is 0 Å². The molecule has 2 aliphatic rings. The van der Waals surface area contributed by atoms with Crippen LogP contribution in [0.2, 0.25) is 0 Å². The highest BCUT2D eigenvalue weighted by Crippen LogP contribution is 2.29. The number of hydrogen-bond acceptors (Lipinski definition) is 2. The molecule has 0 saturated carbocycles. The number of benzene rings is 1. The minimum Gasteiger partial charge on any atom is -0.340 e. The second kappa shape index (κ2) is 6.34. The normalized spacial score (nSPS) is 25.1. The summed E-state index contributed by atoms with van der Waals surface area (Å²) < 4.78 is 0. The molecule has 2 saturated heterocycles.